The van der Waals surface area contributed by atoms with Gasteiger partial charge in [0, 0.05) is 10.8 Å². The molecule has 0 fully saturated rings. The second-order valence-corrected chi connectivity index (χ2v) is 8.21. The third kappa shape index (κ3) is 6.76. The topological polar surface area (TPSA) is 172 Å². The monoisotopic (exact) mass is 434 g/mol. The van der Waals surface area contributed by atoms with Crippen LogP contribution in [0, 0.1) is 0 Å². The normalized spacial score (nSPS) is 11.8. The molecule has 0 aliphatic rings. The predicted molar refractivity (Wildman–Crippen MR) is 67.8 cm³/mol. The van der Waals surface area contributed by atoms with Crippen molar-refractivity contribution in [1.29, 1.82) is 0 Å². The largest absolute Gasteiger partial charge is 1.00 e. The predicted octanol–water partition coefficient (Wildman–Crippen LogP) is -9.44. The molecule has 0 unspecified atom stereocenters. The van der Waals surface area contributed by atoms with Gasteiger partial charge in [0.2, 0.25) is 0 Å². The van der Waals surface area contributed by atoms with Crippen LogP contribution in [-0.4, -0.2) is 38.9 Å². The van der Waals surface area contributed by atoms with Crippen LogP contribution in [0.3, 0.4) is 0 Å². The molecule has 15 heteroatoms. The minimum absolute atomic E-state index is 0. The molecule has 2 aromatic carbocycles. The molecule has 9 nitrogen and oxygen atoms in total. The van der Waals surface area contributed by atoms with Crippen LogP contribution in [0.2, 0.25) is 0 Å². The SMILES string of the molecule is O=S(=O)([O-])c1cc(S(=O)(=O)[O-])c2cccc(S(=O)(=O)[O-])c2c1.[Na+].[Na+].[Na+]. The van der Waals surface area contributed by atoms with Gasteiger partial charge in [0.25, 0.3) is 0 Å². The van der Waals surface area contributed by atoms with Gasteiger partial charge in [-0.1, -0.05) is 12.1 Å². The van der Waals surface area contributed by atoms with Crippen LogP contribution < -0.4 is 88.7 Å². The quantitative estimate of drug-likeness (QED) is 0.336. The maximum atomic E-state index is 11.2. The summed E-state index contributed by atoms with van der Waals surface area (Å²) in [6.07, 6.45) is 0. The molecule has 0 aliphatic carbocycles. The smallest absolute Gasteiger partial charge is 0.744 e. The molecule has 0 heterocycles. The summed E-state index contributed by atoms with van der Waals surface area (Å²) in [4.78, 5) is -3.18. The van der Waals surface area contributed by atoms with Gasteiger partial charge in [-0.15, -0.1) is 0 Å². The van der Waals surface area contributed by atoms with Gasteiger partial charge in [-0.3, -0.25) is 0 Å². The molecule has 0 radical (unpaired) electrons. The molecular weight excluding hydrogens is 429 g/mol. The molecule has 0 atom stereocenters. The number of fused-ring (bicyclic) bond motifs is 1. The van der Waals surface area contributed by atoms with Gasteiger partial charge in [0.05, 0.1) is 14.7 Å². The molecule has 2 rings (SSSR count). The molecule has 0 bridgehead atoms. The number of benzene rings is 2. The number of hydrogen-bond acceptors (Lipinski definition) is 9. The van der Waals surface area contributed by atoms with E-state index < -0.39 is 55.8 Å². The standard InChI is InChI=1S/C10H8O9S3.3Na/c11-20(12,13)6-4-8-7(10(5-6)22(17,18)19)2-1-3-9(8)21(14,15)16;;;/h1-5H,(H,11,12,13)(H,14,15,16)(H,17,18,19);;;/q;3*+1/p-3. The second kappa shape index (κ2) is 9.76. The summed E-state index contributed by atoms with van der Waals surface area (Å²) in [6.45, 7) is 0. The van der Waals surface area contributed by atoms with Crippen molar-refractivity contribution in [2.75, 3.05) is 0 Å². The maximum Gasteiger partial charge on any atom is 1.00 e. The van der Waals surface area contributed by atoms with Gasteiger partial charge in [0.15, 0.2) is 0 Å². The Balaban J connectivity index is 0. The van der Waals surface area contributed by atoms with E-state index in [1.54, 1.807) is 0 Å². The van der Waals surface area contributed by atoms with Crippen molar-refractivity contribution >= 4 is 41.1 Å². The Labute approximate surface area is 210 Å². The Hall–Kier alpha value is 1.43. The second-order valence-electron chi connectivity index (χ2n) is 4.14. The van der Waals surface area contributed by atoms with Gasteiger partial charge in [-0.2, -0.15) is 0 Å². The van der Waals surface area contributed by atoms with Crippen molar-refractivity contribution in [3.05, 3.63) is 30.3 Å². The zero-order chi connectivity index (χ0) is 16.9. The Kier molecular flexibility index (Phi) is 11.2. The fraction of sp³-hybridized carbons (Fsp3) is 0. The van der Waals surface area contributed by atoms with E-state index >= 15 is 0 Å². The summed E-state index contributed by atoms with van der Waals surface area (Å²) in [5.74, 6) is 0. The van der Waals surface area contributed by atoms with Crippen molar-refractivity contribution in [2.24, 2.45) is 0 Å². The van der Waals surface area contributed by atoms with Crippen molar-refractivity contribution in [2.45, 2.75) is 14.7 Å². The Morgan fingerprint density at radius 3 is 1.48 bits per heavy atom. The minimum Gasteiger partial charge on any atom is -0.744 e. The van der Waals surface area contributed by atoms with Crippen molar-refractivity contribution in [1.82, 2.24) is 0 Å². The van der Waals surface area contributed by atoms with Crippen LogP contribution in [-0.2, 0) is 30.4 Å². The van der Waals surface area contributed by atoms with E-state index in [1.165, 1.54) is 0 Å². The first kappa shape index (κ1) is 28.6. The molecule has 0 saturated carbocycles. The van der Waals surface area contributed by atoms with E-state index in [-0.39, 0.29) is 88.7 Å². The fourth-order valence-corrected chi connectivity index (χ4v) is 3.87. The van der Waals surface area contributed by atoms with Crippen LogP contribution >= 0.6 is 0 Å². The number of rotatable bonds is 3. The Morgan fingerprint density at radius 1 is 0.600 bits per heavy atom. The molecule has 120 valence electrons. The zero-order valence-corrected chi connectivity index (χ0v) is 21.7. The molecule has 0 spiro atoms. The molecule has 25 heavy (non-hydrogen) atoms. The van der Waals surface area contributed by atoms with Crippen LogP contribution in [0.25, 0.3) is 10.8 Å². The summed E-state index contributed by atoms with van der Waals surface area (Å²) in [7, 11) is -15.5. The molecule has 0 amide bonds. The van der Waals surface area contributed by atoms with E-state index in [0.717, 1.165) is 18.2 Å². The van der Waals surface area contributed by atoms with Crippen LogP contribution in [0.1, 0.15) is 0 Å². The average molecular weight is 434 g/mol. The third-order valence-electron chi connectivity index (χ3n) is 2.72. The first-order valence-electron chi connectivity index (χ1n) is 5.26. The first-order valence-corrected chi connectivity index (χ1v) is 9.49. The molecule has 0 aliphatic heterocycles. The van der Waals surface area contributed by atoms with Gasteiger partial charge >= 0.3 is 88.7 Å². The molecule has 0 aromatic heterocycles. The van der Waals surface area contributed by atoms with E-state index in [9.17, 15) is 38.9 Å². The minimum atomic E-state index is -5.22. The summed E-state index contributed by atoms with van der Waals surface area (Å²) in [6, 6.07) is 3.68. The summed E-state index contributed by atoms with van der Waals surface area (Å²) >= 11 is 0. The van der Waals surface area contributed by atoms with Gasteiger partial charge in [0.1, 0.15) is 30.4 Å². The van der Waals surface area contributed by atoms with Crippen molar-refractivity contribution in [3.8, 4) is 0 Å². The molecular formula is C10H5Na3O9S3. The summed E-state index contributed by atoms with van der Waals surface area (Å²) < 4.78 is 100. The molecule has 0 saturated heterocycles. The first-order chi connectivity index (χ1) is 9.82. The molecule has 2 aromatic rings. The van der Waals surface area contributed by atoms with Crippen LogP contribution in [0.5, 0.6) is 0 Å². The van der Waals surface area contributed by atoms with E-state index in [2.05, 4.69) is 0 Å². The summed E-state index contributed by atoms with van der Waals surface area (Å²) in [5.41, 5.74) is 0. The van der Waals surface area contributed by atoms with Gasteiger partial charge < -0.3 is 13.7 Å². The van der Waals surface area contributed by atoms with Gasteiger partial charge in [-0.25, -0.2) is 25.3 Å². The van der Waals surface area contributed by atoms with E-state index in [1.807, 2.05) is 0 Å². The third-order valence-corrected chi connectivity index (χ3v) is 5.30. The van der Waals surface area contributed by atoms with E-state index in [0.29, 0.717) is 12.1 Å². The Bertz CT molecular complexity index is 1090. The summed E-state index contributed by atoms with van der Waals surface area (Å²) in [5, 5.41) is -1.11. The average Bonchev–Trinajstić information content (AvgIpc) is 2.33. The van der Waals surface area contributed by atoms with Gasteiger partial charge in [-0.05, 0) is 18.2 Å². The van der Waals surface area contributed by atoms with Crippen LogP contribution in [0.15, 0.2) is 45.0 Å². The zero-order valence-electron chi connectivity index (χ0n) is 13.3. The van der Waals surface area contributed by atoms with Crippen LogP contribution in [0.4, 0.5) is 0 Å². The van der Waals surface area contributed by atoms with Crippen molar-refractivity contribution in [3.63, 3.8) is 0 Å². The van der Waals surface area contributed by atoms with E-state index in [4.69, 9.17) is 0 Å². The molecule has 0 N–H and O–H groups in total. The Morgan fingerprint density at radius 2 is 1.08 bits per heavy atom. The van der Waals surface area contributed by atoms with Crippen molar-refractivity contribution < 1.29 is 128 Å². The fourth-order valence-electron chi connectivity index (χ4n) is 1.87. The maximum absolute atomic E-state index is 11.2. The number of hydrogen-bond donors (Lipinski definition) is 0.